The molecule has 11 nitrogen and oxygen atoms in total. The summed E-state index contributed by atoms with van der Waals surface area (Å²) >= 11 is 0. The molecule has 0 radical (unpaired) electrons. The van der Waals surface area contributed by atoms with E-state index in [0.29, 0.717) is 61.6 Å². The Balaban J connectivity index is 1.40. The average Bonchev–Trinajstić information content (AvgIpc) is 3.47. The molecule has 172 valence electrons. The Bertz CT molecular complexity index is 1400. The predicted molar refractivity (Wildman–Crippen MR) is 122 cm³/mol. The normalized spacial score (nSPS) is 16.5. The second kappa shape index (κ2) is 8.46. The van der Waals surface area contributed by atoms with Crippen molar-refractivity contribution in [2.24, 2.45) is 0 Å². The fraction of sp³-hybridized carbons (Fsp3) is 0.286. The third-order valence-corrected chi connectivity index (χ3v) is 7.64. The van der Waals surface area contributed by atoms with Gasteiger partial charge < -0.3 is 14.8 Å². The van der Waals surface area contributed by atoms with Gasteiger partial charge >= 0.3 is 5.84 Å². The smallest absolute Gasteiger partial charge is 0.306 e. The summed E-state index contributed by atoms with van der Waals surface area (Å²) in [5, 5.41) is 13.0. The molecular weight excluding hydrogens is 446 g/mol. The van der Waals surface area contributed by atoms with Crippen molar-refractivity contribution < 1.29 is 17.9 Å². The maximum absolute atomic E-state index is 12.4. The number of nitrogens with zero attached hydrogens (tertiary/aromatic N) is 6. The minimum absolute atomic E-state index is 0.131. The van der Waals surface area contributed by atoms with Crippen molar-refractivity contribution in [3.05, 3.63) is 49.0 Å². The molecule has 3 aromatic heterocycles. The molecule has 0 atom stereocenters. The number of phenols is 1. The first-order chi connectivity index (χ1) is 16.0. The van der Waals surface area contributed by atoms with Crippen molar-refractivity contribution in [3.63, 3.8) is 0 Å². The van der Waals surface area contributed by atoms with E-state index >= 15 is 0 Å². The lowest BCUT2D eigenvalue weighted by Gasteiger charge is -2.17. The molecule has 0 saturated carbocycles. The fourth-order valence-electron chi connectivity index (χ4n) is 3.92. The highest BCUT2D eigenvalue weighted by Gasteiger charge is 2.34. The topological polar surface area (TPSA) is 129 Å². The van der Waals surface area contributed by atoms with Crippen LogP contribution in [-0.4, -0.2) is 74.2 Å². The quantitative estimate of drug-likeness (QED) is 0.421. The first-order valence-electron chi connectivity index (χ1n) is 10.5. The Kier molecular flexibility index (Phi) is 5.48. The van der Waals surface area contributed by atoms with Gasteiger partial charge in [-0.05, 0) is 18.2 Å². The van der Waals surface area contributed by atoms with E-state index < -0.39 is 10.2 Å². The van der Waals surface area contributed by atoms with Crippen LogP contribution in [0.3, 0.4) is 0 Å². The Hall–Kier alpha value is -3.48. The fourth-order valence-corrected chi connectivity index (χ4v) is 5.52. The minimum atomic E-state index is -3.39. The Morgan fingerprint density at radius 1 is 1.18 bits per heavy atom. The standard InChI is InChI=1S/C21H23N7O4S/c1-2-26-10-11-27(33(26,30)31)9-8-23-20-22-7-6-17(24-20)19-18(15-4-3-5-16(29)14-15)25-21-28(19)12-13-32-21/h3-7,12-14,29H,2,8-11H2,1H3,(H,22,23,24). The van der Waals surface area contributed by atoms with Crippen molar-refractivity contribution in [1.82, 2.24) is 28.0 Å². The monoisotopic (exact) mass is 469 g/mol. The Morgan fingerprint density at radius 3 is 2.82 bits per heavy atom. The van der Waals surface area contributed by atoms with Crippen LogP contribution in [0.25, 0.3) is 28.5 Å². The predicted octanol–water partition coefficient (Wildman–Crippen LogP) is 2.05. The van der Waals surface area contributed by atoms with Crippen LogP contribution in [0.1, 0.15) is 6.92 Å². The van der Waals surface area contributed by atoms with E-state index in [4.69, 9.17) is 4.42 Å². The lowest BCUT2D eigenvalue weighted by Crippen LogP contribution is -2.35. The molecular formula is C21H23N7O4S. The first kappa shape index (κ1) is 21.4. The van der Waals surface area contributed by atoms with E-state index in [2.05, 4.69) is 20.3 Å². The maximum Gasteiger partial charge on any atom is 0.306 e. The van der Waals surface area contributed by atoms with E-state index in [0.717, 1.165) is 5.56 Å². The van der Waals surface area contributed by atoms with Crippen molar-refractivity contribution in [3.8, 4) is 28.4 Å². The van der Waals surface area contributed by atoms with Crippen LogP contribution in [0.2, 0.25) is 0 Å². The van der Waals surface area contributed by atoms with Gasteiger partial charge in [-0.1, -0.05) is 19.1 Å². The van der Waals surface area contributed by atoms with Gasteiger partial charge in [0.15, 0.2) is 0 Å². The zero-order chi connectivity index (χ0) is 23.0. The number of anilines is 1. The summed E-state index contributed by atoms with van der Waals surface area (Å²) in [6, 6.07) is 8.58. The third kappa shape index (κ3) is 3.92. The molecule has 1 aliphatic heterocycles. The molecule has 5 rings (SSSR count). The number of benzene rings is 1. The second-order valence-corrected chi connectivity index (χ2v) is 9.43. The molecule has 0 spiro atoms. The molecule has 12 heteroatoms. The Morgan fingerprint density at radius 2 is 2.03 bits per heavy atom. The number of imidazole rings is 1. The van der Waals surface area contributed by atoms with Crippen LogP contribution < -0.4 is 5.32 Å². The van der Waals surface area contributed by atoms with E-state index in [1.165, 1.54) is 14.9 Å². The van der Waals surface area contributed by atoms with Crippen LogP contribution in [-0.2, 0) is 10.2 Å². The van der Waals surface area contributed by atoms with E-state index in [1.807, 2.05) is 13.0 Å². The molecule has 0 unspecified atom stereocenters. The lowest BCUT2D eigenvalue weighted by molar-refractivity contribution is 0.454. The van der Waals surface area contributed by atoms with Gasteiger partial charge in [0, 0.05) is 50.7 Å². The number of rotatable bonds is 7. The number of hydrogen-bond acceptors (Lipinski definition) is 8. The molecule has 1 aliphatic rings. The summed E-state index contributed by atoms with van der Waals surface area (Å²) in [6.45, 7) is 3.96. The van der Waals surface area contributed by atoms with Crippen LogP contribution in [0.15, 0.2) is 53.4 Å². The van der Waals surface area contributed by atoms with Crippen molar-refractivity contribution in [2.45, 2.75) is 6.92 Å². The van der Waals surface area contributed by atoms with Crippen LogP contribution in [0.5, 0.6) is 5.75 Å². The van der Waals surface area contributed by atoms with Gasteiger partial charge in [-0.15, -0.1) is 0 Å². The number of fused-ring (bicyclic) bond motifs is 1. The third-order valence-electron chi connectivity index (χ3n) is 5.53. The van der Waals surface area contributed by atoms with Gasteiger partial charge in [-0.25, -0.2) is 9.97 Å². The summed E-state index contributed by atoms with van der Waals surface area (Å²) < 4.78 is 35.0. The van der Waals surface area contributed by atoms with E-state index in [-0.39, 0.29) is 5.75 Å². The number of phenolic OH excluding ortho intramolecular Hbond substituents is 1. The molecule has 1 fully saturated rings. The number of aromatic nitrogens is 4. The number of aromatic hydroxyl groups is 1. The van der Waals surface area contributed by atoms with E-state index in [1.54, 1.807) is 41.1 Å². The molecule has 1 saturated heterocycles. The lowest BCUT2D eigenvalue weighted by atomic mass is 10.1. The molecule has 4 heterocycles. The van der Waals surface area contributed by atoms with Crippen molar-refractivity contribution in [2.75, 3.05) is 38.0 Å². The molecule has 4 aromatic rings. The van der Waals surface area contributed by atoms with Gasteiger partial charge in [-0.2, -0.15) is 22.0 Å². The molecule has 0 aliphatic carbocycles. The SMILES string of the molecule is CCN1CCN(CCNc2nccc(-c3c(-c4cccc(O)c4)nc4occn34)n2)S1(=O)=O. The Labute approximate surface area is 190 Å². The maximum atomic E-state index is 12.4. The van der Waals surface area contributed by atoms with Crippen LogP contribution >= 0.6 is 0 Å². The highest BCUT2D eigenvalue weighted by atomic mass is 32.2. The van der Waals surface area contributed by atoms with Gasteiger partial charge in [0.2, 0.25) is 5.95 Å². The van der Waals surface area contributed by atoms with Crippen molar-refractivity contribution >= 4 is 22.0 Å². The first-order valence-corrected chi connectivity index (χ1v) is 11.9. The van der Waals surface area contributed by atoms with Crippen molar-refractivity contribution in [1.29, 1.82) is 0 Å². The van der Waals surface area contributed by atoms with Gasteiger partial charge in [-0.3, -0.25) is 4.40 Å². The number of oxazole rings is 1. The highest BCUT2D eigenvalue weighted by molar-refractivity contribution is 7.87. The summed E-state index contributed by atoms with van der Waals surface area (Å²) in [4.78, 5) is 13.5. The zero-order valence-corrected chi connectivity index (χ0v) is 18.7. The summed E-state index contributed by atoms with van der Waals surface area (Å²) in [5.74, 6) is 0.902. The number of likely N-dealkylation sites (N-methyl/N-ethyl adjacent to an activating group) is 1. The van der Waals surface area contributed by atoms with Gasteiger partial charge in [0.05, 0.1) is 5.69 Å². The molecule has 0 bridgehead atoms. The summed E-state index contributed by atoms with van der Waals surface area (Å²) in [5.41, 5.74) is 2.62. The van der Waals surface area contributed by atoms with Crippen LogP contribution in [0.4, 0.5) is 5.95 Å². The number of nitrogens with one attached hydrogen (secondary N) is 1. The molecule has 0 amide bonds. The van der Waals surface area contributed by atoms with E-state index in [9.17, 15) is 13.5 Å². The summed E-state index contributed by atoms with van der Waals surface area (Å²) in [6.07, 6.45) is 4.91. The van der Waals surface area contributed by atoms with Crippen LogP contribution in [0, 0.1) is 0 Å². The summed E-state index contributed by atoms with van der Waals surface area (Å²) in [7, 11) is -3.39. The van der Waals surface area contributed by atoms with Gasteiger partial charge in [0.25, 0.3) is 10.2 Å². The highest BCUT2D eigenvalue weighted by Crippen LogP contribution is 2.33. The zero-order valence-electron chi connectivity index (χ0n) is 17.9. The molecule has 1 aromatic carbocycles. The van der Waals surface area contributed by atoms with Gasteiger partial charge in [0.1, 0.15) is 23.4 Å². The number of hydrogen-bond donors (Lipinski definition) is 2. The average molecular weight is 470 g/mol. The second-order valence-electron chi connectivity index (χ2n) is 7.51. The molecule has 2 N–H and O–H groups in total. The largest absolute Gasteiger partial charge is 0.508 e. The minimum Gasteiger partial charge on any atom is -0.508 e. The molecule has 33 heavy (non-hydrogen) atoms.